The predicted octanol–water partition coefficient (Wildman–Crippen LogP) is 2.82. The van der Waals surface area contributed by atoms with Crippen LogP contribution in [0.1, 0.15) is 47.3 Å². The van der Waals surface area contributed by atoms with Crippen LogP contribution in [0, 0.1) is 6.92 Å². The van der Waals surface area contributed by atoms with Gasteiger partial charge in [0.1, 0.15) is 5.56 Å². The van der Waals surface area contributed by atoms with Gasteiger partial charge in [-0.3, -0.25) is 9.78 Å². The summed E-state index contributed by atoms with van der Waals surface area (Å²) in [5.74, 6) is 0.741. The summed E-state index contributed by atoms with van der Waals surface area (Å²) >= 11 is 0. The van der Waals surface area contributed by atoms with Gasteiger partial charge in [-0.25, -0.2) is 0 Å². The molecule has 0 saturated heterocycles. The fourth-order valence-electron chi connectivity index (χ4n) is 2.16. The van der Waals surface area contributed by atoms with E-state index in [-0.39, 0.29) is 11.8 Å². The van der Waals surface area contributed by atoms with Gasteiger partial charge >= 0.3 is 0 Å². The molecule has 0 N–H and O–H groups in total. The van der Waals surface area contributed by atoms with E-state index in [9.17, 15) is 4.79 Å². The van der Waals surface area contributed by atoms with Crippen molar-refractivity contribution < 1.29 is 9.32 Å². The quantitative estimate of drug-likeness (QED) is 0.848. The molecule has 112 valence electrons. The molecule has 0 atom stereocenters. The average molecular weight is 287 g/mol. The summed E-state index contributed by atoms with van der Waals surface area (Å²) in [6, 6.07) is 5.79. The van der Waals surface area contributed by atoms with Crippen molar-refractivity contribution in [2.45, 2.75) is 33.1 Å². The van der Waals surface area contributed by atoms with Crippen LogP contribution >= 0.6 is 0 Å². The smallest absolute Gasteiger partial charge is 0.259 e. The highest BCUT2D eigenvalue weighted by atomic mass is 16.5. The lowest BCUT2D eigenvalue weighted by Crippen LogP contribution is -2.30. The molecule has 1 amide bonds. The fraction of sp³-hybridized carbons (Fsp3) is 0.438. The molecule has 0 spiro atoms. The predicted molar refractivity (Wildman–Crippen MR) is 80.2 cm³/mol. The second kappa shape index (κ2) is 6.52. The van der Waals surface area contributed by atoms with Gasteiger partial charge in [0.05, 0.1) is 5.69 Å². The van der Waals surface area contributed by atoms with E-state index in [1.54, 1.807) is 25.1 Å². The highest BCUT2D eigenvalue weighted by molar-refractivity contribution is 5.96. The molecule has 0 saturated carbocycles. The molecule has 5 nitrogen and oxygen atoms in total. The maximum absolute atomic E-state index is 12.6. The summed E-state index contributed by atoms with van der Waals surface area (Å²) in [5.41, 5.74) is 2.21. The second-order valence-corrected chi connectivity index (χ2v) is 5.46. The number of aromatic nitrogens is 2. The molecular weight excluding hydrogens is 266 g/mol. The van der Waals surface area contributed by atoms with Crippen molar-refractivity contribution in [3.8, 4) is 0 Å². The van der Waals surface area contributed by atoms with Gasteiger partial charge in [-0.1, -0.05) is 25.1 Å². The monoisotopic (exact) mass is 287 g/mol. The Kier molecular flexibility index (Phi) is 4.73. The highest BCUT2D eigenvalue weighted by Crippen LogP contribution is 2.23. The zero-order valence-corrected chi connectivity index (χ0v) is 13.0. The number of hydrogen-bond acceptors (Lipinski definition) is 4. The summed E-state index contributed by atoms with van der Waals surface area (Å²) in [5, 5.41) is 3.92. The number of nitrogens with zero attached hydrogens (tertiary/aromatic N) is 3. The van der Waals surface area contributed by atoms with E-state index in [0.29, 0.717) is 23.6 Å². The number of hydrogen-bond donors (Lipinski definition) is 0. The Balaban J connectivity index is 2.08. The van der Waals surface area contributed by atoms with Crippen LogP contribution in [0.2, 0.25) is 0 Å². The number of carbonyl (C=O) groups excluding carboxylic acids is 1. The topological polar surface area (TPSA) is 59.2 Å². The van der Waals surface area contributed by atoms with E-state index in [1.165, 1.54) is 0 Å². The molecule has 5 heteroatoms. The molecule has 0 radical (unpaired) electrons. The minimum atomic E-state index is -0.0478. The van der Waals surface area contributed by atoms with Crippen LogP contribution in [-0.2, 0) is 6.42 Å². The van der Waals surface area contributed by atoms with Gasteiger partial charge in [0.2, 0.25) is 0 Å². The molecule has 0 aromatic carbocycles. The van der Waals surface area contributed by atoms with Gasteiger partial charge in [-0.2, -0.15) is 0 Å². The molecule has 2 aromatic rings. The Morgan fingerprint density at radius 1 is 1.38 bits per heavy atom. The number of aryl methyl sites for hydroxylation is 1. The molecule has 0 fully saturated rings. The molecule has 0 bridgehead atoms. The van der Waals surface area contributed by atoms with Crippen molar-refractivity contribution in [3.63, 3.8) is 0 Å². The van der Waals surface area contributed by atoms with Gasteiger partial charge in [-0.05, 0) is 19.1 Å². The number of carbonyl (C=O) groups is 1. The standard InChI is InChI=1S/C16H21N3O2/c1-11(2)15-14(12(3)18-21-15)16(20)19(4)10-8-13-7-5-6-9-17-13/h5-7,9,11H,8,10H2,1-4H3. The molecule has 0 unspecified atom stereocenters. The summed E-state index contributed by atoms with van der Waals surface area (Å²) in [7, 11) is 1.79. The third-order valence-electron chi connectivity index (χ3n) is 3.40. The zero-order chi connectivity index (χ0) is 15.4. The van der Waals surface area contributed by atoms with Crippen LogP contribution in [0.25, 0.3) is 0 Å². The first-order chi connectivity index (χ1) is 10.0. The van der Waals surface area contributed by atoms with Crippen LogP contribution in [-0.4, -0.2) is 34.5 Å². The second-order valence-electron chi connectivity index (χ2n) is 5.46. The van der Waals surface area contributed by atoms with Crippen molar-refractivity contribution in [3.05, 3.63) is 47.1 Å². The van der Waals surface area contributed by atoms with Gasteiger partial charge < -0.3 is 9.42 Å². The number of amides is 1. The van der Waals surface area contributed by atoms with E-state index < -0.39 is 0 Å². The van der Waals surface area contributed by atoms with E-state index in [0.717, 1.165) is 12.1 Å². The Bertz CT molecular complexity index is 605. The van der Waals surface area contributed by atoms with Gasteiger partial charge in [0.25, 0.3) is 5.91 Å². The van der Waals surface area contributed by atoms with Gasteiger partial charge in [0.15, 0.2) is 5.76 Å². The van der Waals surface area contributed by atoms with Crippen molar-refractivity contribution in [1.29, 1.82) is 0 Å². The largest absolute Gasteiger partial charge is 0.360 e. The fourth-order valence-corrected chi connectivity index (χ4v) is 2.16. The summed E-state index contributed by atoms with van der Waals surface area (Å²) < 4.78 is 5.28. The van der Waals surface area contributed by atoms with Crippen LogP contribution in [0.15, 0.2) is 28.9 Å². The SMILES string of the molecule is Cc1noc(C(C)C)c1C(=O)N(C)CCc1ccccn1. The highest BCUT2D eigenvalue weighted by Gasteiger charge is 2.24. The lowest BCUT2D eigenvalue weighted by atomic mass is 10.0. The number of pyridine rings is 1. The molecule has 2 rings (SSSR count). The third-order valence-corrected chi connectivity index (χ3v) is 3.40. The zero-order valence-electron chi connectivity index (χ0n) is 13.0. The maximum Gasteiger partial charge on any atom is 0.259 e. The Labute approximate surface area is 125 Å². The third kappa shape index (κ3) is 3.48. The molecule has 0 aliphatic carbocycles. The summed E-state index contributed by atoms with van der Waals surface area (Å²) in [6.07, 6.45) is 2.49. The molecule has 21 heavy (non-hydrogen) atoms. The van der Waals surface area contributed by atoms with Gasteiger partial charge in [0, 0.05) is 37.8 Å². The summed E-state index contributed by atoms with van der Waals surface area (Å²) in [6.45, 7) is 6.39. The molecule has 2 heterocycles. The first kappa shape index (κ1) is 15.2. The Morgan fingerprint density at radius 2 is 2.14 bits per heavy atom. The van der Waals surface area contributed by atoms with Crippen molar-refractivity contribution in [1.82, 2.24) is 15.0 Å². The van der Waals surface area contributed by atoms with Crippen molar-refractivity contribution >= 4 is 5.91 Å². The van der Waals surface area contributed by atoms with Crippen LogP contribution in [0.3, 0.4) is 0 Å². The molecule has 2 aromatic heterocycles. The number of likely N-dealkylation sites (N-methyl/N-ethyl adjacent to an activating group) is 1. The minimum Gasteiger partial charge on any atom is -0.360 e. The van der Waals surface area contributed by atoms with E-state index in [4.69, 9.17) is 4.52 Å². The number of rotatable bonds is 5. The summed E-state index contributed by atoms with van der Waals surface area (Å²) in [4.78, 5) is 18.5. The van der Waals surface area contributed by atoms with Crippen LogP contribution in [0.5, 0.6) is 0 Å². The Hall–Kier alpha value is -2.17. The van der Waals surface area contributed by atoms with E-state index in [1.807, 2.05) is 32.0 Å². The normalized spacial score (nSPS) is 10.9. The van der Waals surface area contributed by atoms with Gasteiger partial charge in [-0.15, -0.1) is 0 Å². The minimum absolute atomic E-state index is 0.0478. The lowest BCUT2D eigenvalue weighted by molar-refractivity contribution is 0.0793. The Morgan fingerprint density at radius 3 is 2.76 bits per heavy atom. The average Bonchev–Trinajstić information content (AvgIpc) is 2.87. The van der Waals surface area contributed by atoms with Crippen molar-refractivity contribution in [2.75, 3.05) is 13.6 Å². The first-order valence-corrected chi connectivity index (χ1v) is 7.12. The van der Waals surface area contributed by atoms with Crippen LogP contribution in [0.4, 0.5) is 0 Å². The maximum atomic E-state index is 12.6. The van der Waals surface area contributed by atoms with Crippen molar-refractivity contribution in [2.24, 2.45) is 0 Å². The molecule has 0 aliphatic rings. The molecule has 0 aliphatic heterocycles. The first-order valence-electron chi connectivity index (χ1n) is 7.12. The van der Waals surface area contributed by atoms with E-state index >= 15 is 0 Å². The van der Waals surface area contributed by atoms with Crippen LogP contribution < -0.4 is 0 Å². The van der Waals surface area contributed by atoms with E-state index in [2.05, 4.69) is 10.1 Å². The lowest BCUT2D eigenvalue weighted by Gasteiger charge is -2.17. The molecular formula is C16H21N3O2.